The van der Waals surface area contributed by atoms with Gasteiger partial charge in [-0.1, -0.05) is 37.3 Å². The number of aldehydes is 1. The Balaban J connectivity index is 2.14. The number of carbonyl (C=O) groups excluding carboxylic acids is 3. The van der Waals surface area contributed by atoms with Crippen LogP contribution in [0.15, 0.2) is 60.8 Å². The van der Waals surface area contributed by atoms with E-state index >= 15 is 0 Å². The van der Waals surface area contributed by atoms with Gasteiger partial charge in [0, 0.05) is 24.9 Å². The molecule has 0 aromatic heterocycles. The average molecular weight is 578 g/mol. The maximum atomic E-state index is 15.0. The van der Waals surface area contributed by atoms with Crippen LogP contribution in [0.4, 0.5) is 9.18 Å². The molecule has 0 heterocycles. The van der Waals surface area contributed by atoms with Gasteiger partial charge in [-0.15, -0.1) is 0 Å². The van der Waals surface area contributed by atoms with E-state index in [0.717, 1.165) is 5.56 Å². The van der Waals surface area contributed by atoms with E-state index in [4.69, 9.17) is 18.5 Å². The molecule has 0 aliphatic heterocycles. The number of ether oxygens (including phenoxy) is 2. The molecule has 0 saturated carbocycles. The van der Waals surface area contributed by atoms with Crippen LogP contribution >= 0.6 is 8.53 Å². The molecule has 0 fully saturated rings. The second-order valence-corrected chi connectivity index (χ2v) is 10.0. The van der Waals surface area contributed by atoms with Crippen molar-refractivity contribution in [2.75, 3.05) is 20.4 Å². The highest BCUT2D eigenvalue weighted by atomic mass is 31.2. The van der Waals surface area contributed by atoms with E-state index in [0.29, 0.717) is 18.3 Å². The Bertz CT molecular complexity index is 1120. The van der Waals surface area contributed by atoms with Crippen molar-refractivity contribution in [3.8, 4) is 16.9 Å². The highest BCUT2D eigenvalue weighted by molar-refractivity contribution is 7.45. The number of esters is 1. The van der Waals surface area contributed by atoms with Crippen molar-refractivity contribution in [3.05, 3.63) is 66.6 Å². The third-order valence-electron chi connectivity index (χ3n) is 5.32. The lowest BCUT2D eigenvalue weighted by molar-refractivity contribution is -0.149. The second kappa shape index (κ2) is 17.3. The molecule has 2 rings (SSSR count). The summed E-state index contributed by atoms with van der Waals surface area (Å²) in [7, 11) is -0.490. The maximum Gasteiger partial charge on any atom is 0.323 e. The van der Waals surface area contributed by atoms with Crippen molar-refractivity contribution in [3.63, 3.8) is 0 Å². The number of nitrogens with one attached hydrogen (secondary N) is 2. The van der Waals surface area contributed by atoms with Crippen LogP contribution in [0.5, 0.6) is 5.75 Å². The van der Waals surface area contributed by atoms with Gasteiger partial charge >= 0.3 is 20.5 Å². The summed E-state index contributed by atoms with van der Waals surface area (Å²) in [5.41, 5.74) is 1.15. The Morgan fingerprint density at radius 3 is 2.45 bits per heavy atom. The first-order valence-electron chi connectivity index (χ1n) is 12.8. The molecule has 0 spiro atoms. The average Bonchev–Trinajstić information content (AvgIpc) is 2.94. The van der Waals surface area contributed by atoms with E-state index in [-0.39, 0.29) is 25.2 Å². The summed E-state index contributed by atoms with van der Waals surface area (Å²) in [5.74, 6) is -0.760. The molecule has 0 bridgehead atoms. The number of allylic oxidation sites excluding steroid dienone is 1. The van der Waals surface area contributed by atoms with Gasteiger partial charge in [-0.3, -0.25) is 14.5 Å². The fourth-order valence-electron chi connectivity index (χ4n) is 3.21. The van der Waals surface area contributed by atoms with Crippen molar-refractivity contribution in [2.45, 2.75) is 52.4 Å². The van der Waals surface area contributed by atoms with Gasteiger partial charge in [0.1, 0.15) is 30.6 Å². The number of hydrogen-bond acceptors (Lipinski definition) is 8. The van der Waals surface area contributed by atoms with Crippen LogP contribution in [0.1, 0.15) is 34.1 Å². The van der Waals surface area contributed by atoms with E-state index in [2.05, 4.69) is 10.4 Å². The molecule has 2 amide bonds. The van der Waals surface area contributed by atoms with Crippen molar-refractivity contribution < 1.29 is 37.3 Å². The largest absolute Gasteiger partial charge is 0.462 e. The number of urea groups is 1. The van der Waals surface area contributed by atoms with Crippen molar-refractivity contribution in [2.24, 2.45) is 0 Å². The smallest absolute Gasteiger partial charge is 0.323 e. The van der Waals surface area contributed by atoms with E-state index in [1.165, 1.54) is 30.3 Å². The predicted octanol–water partition coefficient (Wildman–Crippen LogP) is 5.15. The number of carbonyl (C=O) groups is 3. The van der Waals surface area contributed by atoms with E-state index in [1.54, 1.807) is 32.9 Å². The third-order valence-corrected chi connectivity index (χ3v) is 6.68. The molecule has 40 heavy (non-hydrogen) atoms. The van der Waals surface area contributed by atoms with Gasteiger partial charge in [0.25, 0.3) is 0 Å². The van der Waals surface area contributed by atoms with E-state index < -0.39 is 38.5 Å². The molecule has 12 heteroatoms. The molecule has 0 aliphatic carbocycles. The van der Waals surface area contributed by atoms with Crippen LogP contribution < -0.4 is 14.9 Å². The first kappa shape index (κ1) is 32.8. The standard InChI is InChI=1S/C28H37FN3O7P/c1-6-23(36-19-32(15-10-16-33)28(35)30-5)18-37-40(31-21(4)27(34)38-20(2)3)39-24-13-14-25(26(29)17-24)22-11-8-7-9-12-22/h7-17,20-21,23,31H,6,18-19H2,1-5H3,(H,30,35)/b15-10-/t21-,23?,40?/m0/s1. The molecule has 0 saturated heterocycles. The monoisotopic (exact) mass is 577 g/mol. The molecule has 2 aromatic carbocycles. The van der Waals surface area contributed by atoms with Gasteiger partial charge in [0.15, 0.2) is 0 Å². The van der Waals surface area contributed by atoms with Crippen LogP contribution in [-0.4, -0.2) is 61.8 Å². The summed E-state index contributed by atoms with van der Waals surface area (Å²) in [4.78, 5) is 36.3. The van der Waals surface area contributed by atoms with Crippen molar-refractivity contribution in [1.82, 2.24) is 15.3 Å². The molecule has 2 unspecified atom stereocenters. The van der Waals surface area contributed by atoms with Crippen molar-refractivity contribution >= 4 is 26.8 Å². The molecule has 10 nitrogen and oxygen atoms in total. The lowest BCUT2D eigenvalue weighted by atomic mass is 10.1. The zero-order chi connectivity index (χ0) is 29.5. The van der Waals surface area contributed by atoms with Gasteiger partial charge in [0.05, 0.1) is 18.8 Å². The van der Waals surface area contributed by atoms with Crippen LogP contribution in [0.2, 0.25) is 0 Å². The molecule has 0 aliphatic rings. The third kappa shape index (κ3) is 11.0. The van der Waals surface area contributed by atoms with Gasteiger partial charge in [-0.05, 0) is 51.0 Å². The normalized spacial score (nSPS) is 13.5. The summed E-state index contributed by atoms with van der Waals surface area (Å²) >= 11 is 0. The number of benzene rings is 2. The van der Waals surface area contributed by atoms with Crippen LogP contribution in [-0.2, 0) is 23.6 Å². The number of halogens is 1. The summed E-state index contributed by atoms with van der Waals surface area (Å²) in [5, 5.41) is 5.44. The first-order valence-corrected chi connectivity index (χ1v) is 14.0. The number of nitrogens with zero attached hydrogens (tertiary/aromatic N) is 1. The molecule has 3 atom stereocenters. The fraction of sp³-hybridized carbons (Fsp3) is 0.393. The number of rotatable bonds is 16. The predicted molar refractivity (Wildman–Crippen MR) is 151 cm³/mol. The van der Waals surface area contributed by atoms with Crippen LogP contribution in [0, 0.1) is 5.82 Å². The molecular weight excluding hydrogens is 540 g/mol. The summed E-state index contributed by atoms with van der Waals surface area (Å²) in [6.07, 6.45) is 2.77. The summed E-state index contributed by atoms with van der Waals surface area (Å²) in [6.45, 7) is 6.86. The quantitative estimate of drug-likeness (QED) is 0.0926. The Hall–Kier alpha value is -3.37. The fourth-order valence-corrected chi connectivity index (χ4v) is 4.42. The summed E-state index contributed by atoms with van der Waals surface area (Å²) < 4.78 is 37.9. The Kier molecular flexibility index (Phi) is 14.2. The highest BCUT2D eigenvalue weighted by Crippen LogP contribution is 2.38. The maximum absolute atomic E-state index is 15.0. The van der Waals surface area contributed by atoms with Crippen LogP contribution in [0.25, 0.3) is 11.1 Å². The highest BCUT2D eigenvalue weighted by Gasteiger charge is 2.25. The minimum Gasteiger partial charge on any atom is -0.462 e. The van der Waals surface area contributed by atoms with Gasteiger partial charge in [0.2, 0.25) is 0 Å². The number of hydrogen-bond donors (Lipinski definition) is 2. The van der Waals surface area contributed by atoms with Crippen molar-refractivity contribution in [1.29, 1.82) is 0 Å². The zero-order valence-corrected chi connectivity index (χ0v) is 24.2. The Morgan fingerprint density at radius 2 is 1.85 bits per heavy atom. The Morgan fingerprint density at radius 1 is 1.12 bits per heavy atom. The Labute approximate surface area is 235 Å². The van der Waals surface area contributed by atoms with E-state index in [1.807, 2.05) is 37.3 Å². The van der Waals surface area contributed by atoms with Crippen LogP contribution in [0.3, 0.4) is 0 Å². The minimum absolute atomic E-state index is 0.0325. The molecule has 0 radical (unpaired) electrons. The van der Waals surface area contributed by atoms with E-state index in [9.17, 15) is 18.8 Å². The topological polar surface area (TPSA) is 115 Å². The van der Waals surface area contributed by atoms with Gasteiger partial charge < -0.3 is 23.8 Å². The first-order chi connectivity index (χ1) is 19.2. The molecule has 2 aromatic rings. The van der Waals surface area contributed by atoms with Gasteiger partial charge in [-0.25, -0.2) is 14.3 Å². The molecule has 218 valence electrons. The molecule has 2 N–H and O–H groups in total. The minimum atomic E-state index is -1.95. The number of amides is 2. The molecular formula is C28H37FN3O7P. The SMILES string of the molecule is CCC(COP(N[C@@H](C)C(=O)OC(C)C)Oc1ccc(-c2ccccc2)c(F)c1)OCN(/C=C\C=O)C(=O)NC. The lowest BCUT2D eigenvalue weighted by Crippen LogP contribution is -2.38. The second-order valence-electron chi connectivity index (χ2n) is 8.82. The lowest BCUT2D eigenvalue weighted by Gasteiger charge is -2.26. The summed E-state index contributed by atoms with van der Waals surface area (Å²) in [6, 6.07) is 12.4. The van der Waals surface area contributed by atoms with Gasteiger partial charge in [-0.2, -0.15) is 0 Å². The zero-order valence-electron chi connectivity index (χ0n) is 23.3.